The fraction of sp³-hybridized carbons (Fsp3) is 0.882. The summed E-state index contributed by atoms with van der Waals surface area (Å²) >= 11 is 0. The normalized spacial score (nSPS) is 33.0. The van der Waals surface area contributed by atoms with Crippen molar-refractivity contribution in [2.75, 3.05) is 13.1 Å². The van der Waals surface area contributed by atoms with Crippen LogP contribution in [-0.2, 0) is 10.3 Å². The van der Waals surface area contributed by atoms with Gasteiger partial charge < -0.3 is 10.0 Å². The van der Waals surface area contributed by atoms with Gasteiger partial charge in [0.05, 0.1) is 5.60 Å². The van der Waals surface area contributed by atoms with E-state index in [-0.39, 0.29) is 11.8 Å². The standard InChI is InChI=1S/C17H27N5O2/c23-15(16(7-3-1-4-8-16)22-13-18-19-20-22)21-11-10-17(24)9-5-2-6-14(17)12-21/h13-14,24H,1-12H2/t14-,17-/m1/s1. The van der Waals surface area contributed by atoms with Crippen molar-refractivity contribution in [2.45, 2.75) is 75.3 Å². The van der Waals surface area contributed by atoms with Crippen LogP contribution < -0.4 is 0 Å². The minimum absolute atomic E-state index is 0.155. The maximum Gasteiger partial charge on any atom is 0.250 e. The SMILES string of the molecule is O=C(N1CC[C@]2(O)CCCC[C@@H]2C1)C1(n2cnnn2)CCCCC1. The van der Waals surface area contributed by atoms with Crippen LogP contribution in [0.5, 0.6) is 0 Å². The molecule has 0 bridgehead atoms. The smallest absolute Gasteiger partial charge is 0.250 e. The molecule has 2 atom stereocenters. The average molecular weight is 333 g/mol. The Morgan fingerprint density at radius 3 is 2.62 bits per heavy atom. The number of tetrazole rings is 1. The van der Waals surface area contributed by atoms with Crippen molar-refractivity contribution >= 4 is 5.91 Å². The molecule has 1 aromatic rings. The third kappa shape index (κ3) is 2.53. The molecule has 2 heterocycles. The van der Waals surface area contributed by atoms with Gasteiger partial charge in [0.25, 0.3) is 5.91 Å². The van der Waals surface area contributed by atoms with Gasteiger partial charge in [-0.05, 0) is 42.5 Å². The Morgan fingerprint density at radius 2 is 1.88 bits per heavy atom. The number of hydrogen-bond donors (Lipinski definition) is 1. The van der Waals surface area contributed by atoms with Crippen LogP contribution in [0.1, 0.15) is 64.2 Å². The number of fused-ring (bicyclic) bond motifs is 1. The molecule has 7 nitrogen and oxygen atoms in total. The second-order valence-electron chi connectivity index (χ2n) is 7.89. The van der Waals surface area contributed by atoms with Gasteiger partial charge in [0.1, 0.15) is 11.9 Å². The molecule has 2 saturated carbocycles. The van der Waals surface area contributed by atoms with Crippen LogP contribution in [0.25, 0.3) is 0 Å². The number of aliphatic hydroxyl groups is 1. The number of hydrogen-bond acceptors (Lipinski definition) is 5. The molecule has 0 aromatic carbocycles. The first-order valence-corrected chi connectivity index (χ1v) is 9.39. The number of piperidine rings is 1. The zero-order valence-corrected chi connectivity index (χ0v) is 14.2. The Kier molecular flexibility index (Phi) is 4.06. The second kappa shape index (κ2) is 6.10. The van der Waals surface area contributed by atoms with E-state index in [0.29, 0.717) is 19.5 Å². The maximum atomic E-state index is 13.5. The largest absolute Gasteiger partial charge is 0.389 e. The van der Waals surface area contributed by atoms with Crippen LogP contribution in [0.4, 0.5) is 0 Å². The van der Waals surface area contributed by atoms with Gasteiger partial charge in [0.2, 0.25) is 0 Å². The average Bonchev–Trinajstić information content (AvgIpc) is 3.16. The van der Waals surface area contributed by atoms with E-state index in [1.807, 2.05) is 4.90 Å². The molecule has 24 heavy (non-hydrogen) atoms. The number of nitrogens with zero attached hydrogens (tertiary/aromatic N) is 5. The van der Waals surface area contributed by atoms with Gasteiger partial charge >= 0.3 is 0 Å². The molecule has 1 aromatic heterocycles. The van der Waals surface area contributed by atoms with Gasteiger partial charge in [-0.2, -0.15) is 0 Å². The van der Waals surface area contributed by atoms with Gasteiger partial charge in [-0.15, -0.1) is 5.10 Å². The molecule has 1 amide bonds. The highest BCUT2D eigenvalue weighted by Crippen LogP contribution is 2.42. The molecule has 3 fully saturated rings. The molecular formula is C17H27N5O2. The van der Waals surface area contributed by atoms with E-state index >= 15 is 0 Å². The summed E-state index contributed by atoms with van der Waals surface area (Å²) in [5.41, 5.74) is -1.17. The van der Waals surface area contributed by atoms with Gasteiger partial charge in [-0.3, -0.25) is 4.79 Å². The third-order valence-corrected chi connectivity index (χ3v) is 6.58. The van der Waals surface area contributed by atoms with Crippen LogP contribution in [0.3, 0.4) is 0 Å². The highest BCUT2D eigenvalue weighted by Gasteiger charge is 2.49. The predicted octanol–water partition coefficient (Wildman–Crippen LogP) is 1.49. The molecule has 1 aliphatic heterocycles. The molecule has 0 unspecified atom stereocenters. The molecule has 4 rings (SSSR count). The van der Waals surface area contributed by atoms with Crippen molar-refractivity contribution in [1.29, 1.82) is 0 Å². The monoisotopic (exact) mass is 333 g/mol. The number of carbonyl (C=O) groups is 1. The lowest BCUT2D eigenvalue weighted by atomic mass is 9.70. The molecule has 3 aliphatic rings. The van der Waals surface area contributed by atoms with Crippen molar-refractivity contribution in [3.8, 4) is 0 Å². The molecule has 1 saturated heterocycles. The maximum absolute atomic E-state index is 13.5. The Hall–Kier alpha value is -1.50. The molecule has 1 N–H and O–H groups in total. The van der Waals surface area contributed by atoms with Crippen molar-refractivity contribution in [3.63, 3.8) is 0 Å². The first-order valence-electron chi connectivity index (χ1n) is 9.39. The molecule has 2 aliphatic carbocycles. The van der Waals surface area contributed by atoms with Crippen LogP contribution in [-0.4, -0.2) is 54.8 Å². The summed E-state index contributed by atoms with van der Waals surface area (Å²) in [7, 11) is 0. The van der Waals surface area contributed by atoms with E-state index in [2.05, 4.69) is 15.5 Å². The topological polar surface area (TPSA) is 84.1 Å². The summed E-state index contributed by atoms with van der Waals surface area (Å²) in [6.07, 6.45) is 11.3. The Balaban J connectivity index is 1.57. The van der Waals surface area contributed by atoms with Gasteiger partial charge in [-0.1, -0.05) is 32.1 Å². The summed E-state index contributed by atoms with van der Waals surface area (Å²) in [5.74, 6) is 0.376. The fourth-order valence-corrected chi connectivity index (χ4v) is 5.08. The van der Waals surface area contributed by atoms with E-state index in [4.69, 9.17) is 0 Å². The Bertz CT molecular complexity index is 584. The van der Waals surface area contributed by atoms with Crippen LogP contribution in [0, 0.1) is 5.92 Å². The lowest BCUT2D eigenvalue weighted by Gasteiger charge is -2.49. The van der Waals surface area contributed by atoms with Crippen LogP contribution in [0.2, 0.25) is 0 Å². The minimum atomic E-state index is -0.619. The van der Waals surface area contributed by atoms with E-state index in [1.54, 1.807) is 11.0 Å². The van der Waals surface area contributed by atoms with Crippen molar-refractivity contribution in [1.82, 2.24) is 25.1 Å². The van der Waals surface area contributed by atoms with E-state index in [9.17, 15) is 9.90 Å². The van der Waals surface area contributed by atoms with E-state index in [1.165, 1.54) is 6.42 Å². The quantitative estimate of drug-likeness (QED) is 0.886. The summed E-state index contributed by atoms with van der Waals surface area (Å²) < 4.78 is 1.69. The second-order valence-corrected chi connectivity index (χ2v) is 7.89. The van der Waals surface area contributed by atoms with Crippen molar-refractivity contribution in [2.24, 2.45) is 5.92 Å². The number of likely N-dealkylation sites (tertiary alicyclic amines) is 1. The summed E-state index contributed by atoms with van der Waals surface area (Å²) in [6.45, 7) is 1.33. The predicted molar refractivity (Wildman–Crippen MR) is 87.0 cm³/mol. The fourth-order valence-electron chi connectivity index (χ4n) is 5.08. The number of rotatable bonds is 2. The first-order chi connectivity index (χ1) is 11.6. The van der Waals surface area contributed by atoms with Crippen molar-refractivity contribution < 1.29 is 9.90 Å². The van der Waals surface area contributed by atoms with Crippen molar-refractivity contribution in [3.05, 3.63) is 6.33 Å². The summed E-state index contributed by atoms with van der Waals surface area (Å²) in [5, 5.41) is 22.5. The van der Waals surface area contributed by atoms with Gasteiger partial charge in [0.15, 0.2) is 0 Å². The van der Waals surface area contributed by atoms with E-state index in [0.717, 1.165) is 51.4 Å². The molecule has 132 valence electrons. The lowest BCUT2D eigenvalue weighted by Crippen LogP contribution is -2.59. The summed E-state index contributed by atoms with van der Waals surface area (Å²) in [6, 6.07) is 0. The molecule has 0 radical (unpaired) electrons. The van der Waals surface area contributed by atoms with Gasteiger partial charge in [-0.25, -0.2) is 4.68 Å². The number of amides is 1. The Morgan fingerprint density at radius 1 is 1.08 bits per heavy atom. The first kappa shape index (κ1) is 16.0. The van der Waals surface area contributed by atoms with Gasteiger partial charge in [0, 0.05) is 19.0 Å². The minimum Gasteiger partial charge on any atom is -0.389 e. The lowest BCUT2D eigenvalue weighted by molar-refractivity contribution is -0.154. The number of carbonyl (C=O) groups excluding carboxylic acids is 1. The zero-order chi connectivity index (χ0) is 16.6. The highest BCUT2D eigenvalue weighted by atomic mass is 16.3. The Labute approximate surface area is 142 Å². The van der Waals surface area contributed by atoms with Crippen LogP contribution in [0.15, 0.2) is 6.33 Å². The molecule has 7 heteroatoms. The number of aromatic nitrogens is 4. The molecular weight excluding hydrogens is 306 g/mol. The highest BCUT2D eigenvalue weighted by molar-refractivity contribution is 5.84. The third-order valence-electron chi connectivity index (χ3n) is 6.58. The zero-order valence-electron chi connectivity index (χ0n) is 14.2. The molecule has 0 spiro atoms. The van der Waals surface area contributed by atoms with Crippen LogP contribution >= 0.6 is 0 Å². The summed E-state index contributed by atoms with van der Waals surface area (Å²) in [4.78, 5) is 15.5. The van der Waals surface area contributed by atoms with E-state index < -0.39 is 11.1 Å².